The molecule has 0 saturated carbocycles. The summed E-state index contributed by atoms with van der Waals surface area (Å²) in [6.07, 6.45) is 5.40. The number of fused-ring (bicyclic) bond motifs is 1. The van der Waals surface area contributed by atoms with E-state index in [4.69, 9.17) is 54.2 Å². The molecular formula is C38H39Cl3N6O4. The molecule has 266 valence electrons. The van der Waals surface area contributed by atoms with E-state index in [1.54, 1.807) is 26.5 Å². The van der Waals surface area contributed by atoms with Crippen molar-refractivity contribution < 1.29 is 19.1 Å². The van der Waals surface area contributed by atoms with Gasteiger partial charge in [-0.05, 0) is 49.1 Å². The molecule has 51 heavy (non-hydrogen) atoms. The topological polar surface area (TPSA) is 118 Å². The molecule has 3 aliphatic rings. The fourth-order valence-corrected chi connectivity index (χ4v) is 8.16. The van der Waals surface area contributed by atoms with Gasteiger partial charge >= 0.3 is 0 Å². The Morgan fingerprint density at radius 3 is 2.37 bits per heavy atom. The predicted octanol–water partition coefficient (Wildman–Crippen LogP) is 6.46. The lowest BCUT2D eigenvalue weighted by Gasteiger charge is -2.32. The Balaban J connectivity index is 1.14. The van der Waals surface area contributed by atoms with Gasteiger partial charge in [0, 0.05) is 97.2 Å². The molecule has 2 aromatic carbocycles. The Morgan fingerprint density at radius 2 is 1.65 bits per heavy atom. The molecule has 2 saturated heterocycles. The van der Waals surface area contributed by atoms with Gasteiger partial charge in [0.05, 0.1) is 40.7 Å². The zero-order valence-electron chi connectivity index (χ0n) is 28.5. The Morgan fingerprint density at radius 1 is 0.902 bits per heavy atom. The number of methoxy groups -OCH3 is 2. The molecule has 0 aliphatic carbocycles. The van der Waals surface area contributed by atoms with E-state index < -0.39 is 0 Å². The van der Waals surface area contributed by atoms with Crippen LogP contribution in [0.1, 0.15) is 42.4 Å². The van der Waals surface area contributed by atoms with Crippen molar-refractivity contribution in [2.75, 3.05) is 33.9 Å². The van der Waals surface area contributed by atoms with Crippen molar-refractivity contribution in [2.24, 2.45) is 0 Å². The number of aromatic nitrogens is 2. The van der Waals surface area contributed by atoms with Gasteiger partial charge in [-0.3, -0.25) is 19.5 Å². The highest BCUT2D eigenvalue weighted by Crippen LogP contribution is 2.43. The van der Waals surface area contributed by atoms with Crippen molar-refractivity contribution in [1.29, 1.82) is 0 Å². The third kappa shape index (κ3) is 7.52. The summed E-state index contributed by atoms with van der Waals surface area (Å²) in [5.74, 6) is 1.38. The highest BCUT2D eigenvalue weighted by molar-refractivity contribution is 6.39. The van der Waals surface area contributed by atoms with Gasteiger partial charge in [0.25, 0.3) is 0 Å². The molecule has 3 aliphatic heterocycles. The number of carbonyl (C=O) groups excluding carboxylic acids is 2. The number of amides is 2. The van der Waals surface area contributed by atoms with Gasteiger partial charge in [0.1, 0.15) is 5.75 Å². The summed E-state index contributed by atoms with van der Waals surface area (Å²) >= 11 is 21.1. The molecule has 4 aromatic rings. The van der Waals surface area contributed by atoms with Crippen LogP contribution < -0.4 is 25.4 Å². The molecule has 2 fully saturated rings. The van der Waals surface area contributed by atoms with Crippen LogP contribution in [0.2, 0.25) is 15.1 Å². The fraction of sp³-hybridized carbons (Fsp3) is 0.368. The summed E-state index contributed by atoms with van der Waals surface area (Å²) in [4.78, 5) is 35.1. The number of nitrogens with zero attached hydrogens (tertiary/aromatic N) is 3. The van der Waals surface area contributed by atoms with Gasteiger partial charge in [0.15, 0.2) is 0 Å². The largest absolute Gasteiger partial charge is 0.496 e. The third-order valence-corrected chi connectivity index (χ3v) is 11.0. The highest BCUT2D eigenvalue weighted by atomic mass is 35.5. The molecule has 2 amide bonds. The van der Waals surface area contributed by atoms with E-state index in [-0.39, 0.29) is 23.9 Å². The molecule has 7 rings (SSSR count). The van der Waals surface area contributed by atoms with E-state index in [2.05, 4.69) is 26.9 Å². The van der Waals surface area contributed by atoms with Crippen LogP contribution in [0.3, 0.4) is 0 Å². The van der Waals surface area contributed by atoms with Crippen LogP contribution in [0.4, 0.5) is 0 Å². The van der Waals surface area contributed by atoms with Crippen LogP contribution in [0, 0.1) is 0 Å². The van der Waals surface area contributed by atoms with Gasteiger partial charge in [-0.2, -0.15) is 0 Å². The van der Waals surface area contributed by atoms with E-state index >= 15 is 0 Å². The molecule has 0 spiro atoms. The molecule has 3 N–H and O–H groups in total. The Kier molecular flexibility index (Phi) is 10.7. The number of nitrogens with one attached hydrogen (secondary N) is 3. The summed E-state index contributed by atoms with van der Waals surface area (Å²) in [6, 6.07) is 13.8. The maximum absolute atomic E-state index is 11.7. The molecular weight excluding hydrogens is 711 g/mol. The number of ether oxygens (including phenoxy) is 2. The number of rotatable bonds is 11. The lowest BCUT2D eigenvalue weighted by molar-refractivity contribution is -0.120. The first-order valence-corrected chi connectivity index (χ1v) is 18.2. The lowest BCUT2D eigenvalue weighted by atomic mass is 9.93. The summed E-state index contributed by atoms with van der Waals surface area (Å²) in [7, 11) is 3.24. The molecule has 2 atom stereocenters. The highest BCUT2D eigenvalue weighted by Gasteiger charge is 2.28. The fourth-order valence-electron chi connectivity index (χ4n) is 7.27. The van der Waals surface area contributed by atoms with Gasteiger partial charge in [0.2, 0.25) is 17.7 Å². The Labute approximate surface area is 312 Å². The smallest absolute Gasteiger partial charge is 0.220 e. The van der Waals surface area contributed by atoms with Crippen LogP contribution >= 0.6 is 34.8 Å². The maximum Gasteiger partial charge on any atom is 0.220 e. The Hall–Kier alpha value is -3.93. The SMILES string of the molecule is COc1cc(-c2nccc(-c3cccc(-c4cc(Cl)c(CNC[C@@H]5CCC(=O)N5)c(OC)n4)c3Cl)c2Cl)cc2c1CN(C[C@H]1CCC(=O)N1)CC2. The van der Waals surface area contributed by atoms with Crippen molar-refractivity contribution in [3.63, 3.8) is 0 Å². The van der Waals surface area contributed by atoms with Crippen molar-refractivity contribution in [3.8, 4) is 45.3 Å². The normalized spacial score (nSPS) is 18.8. The standard InChI is InChI=1S/C38H39Cl3N6O4/c1-50-32-15-22(14-21-11-13-47(20-29(21)32)19-24-7-9-34(49)45-24)37-36(41)26(10-12-43-37)25-4-3-5-27(35(25)40)31-16-30(39)28(38(46-31)51-2)18-42-17-23-6-8-33(48)44-23/h3-5,10,12,14-16,23-24,42H,6-9,11,13,17-20H2,1-2H3,(H,44,48)(H,45,49)/t23-,24+/m0/s1. The van der Waals surface area contributed by atoms with E-state index in [0.29, 0.717) is 63.8 Å². The summed E-state index contributed by atoms with van der Waals surface area (Å²) in [5, 5.41) is 10.8. The summed E-state index contributed by atoms with van der Waals surface area (Å²) < 4.78 is 11.6. The minimum absolute atomic E-state index is 0.0757. The van der Waals surface area contributed by atoms with Crippen molar-refractivity contribution in [2.45, 2.75) is 57.3 Å². The zero-order valence-corrected chi connectivity index (χ0v) is 30.7. The van der Waals surface area contributed by atoms with Crippen LogP contribution in [0.25, 0.3) is 33.6 Å². The first-order chi connectivity index (χ1) is 24.7. The van der Waals surface area contributed by atoms with Crippen LogP contribution in [0.5, 0.6) is 11.6 Å². The average molecular weight is 750 g/mol. The van der Waals surface area contributed by atoms with Gasteiger partial charge in [-0.15, -0.1) is 0 Å². The molecule has 5 heterocycles. The van der Waals surface area contributed by atoms with Crippen LogP contribution in [-0.4, -0.2) is 72.6 Å². The van der Waals surface area contributed by atoms with E-state index in [1.807, 2.05) is 30.3 Å². The number of carbonyl (C=O) groups is 2. The molecule has 0 radical (unpaired) electrons. The molecule has 13 heteroatoms. The third-order valence-electron chi connectivity index (χ3n) is 9.89. The van der Waals surface area contributed by atoms with E-state index in [1.165, 1.54) is 5.56 Å². The number of benzene rings is 2. The van der Waals surface area contributed by atoms with E-state index in [9.17, 15) is 9.59 Å². The zero-order chi connectivity index (χ0) is 35.6. The first-order valence-electron chi connectivity index (χ1n) is 17.1. The van der Waals surface area contributed by atoms with Crippen molar-refractivity contribution in [3.05, 3.63) is 80.4 Å². The minimum Gasteiger partial charge on any atom is -0.496 e. The average Bonchev–Trinajstić information content (AvgIpc) is 3.75. The van der Waals surface area contributed by atoms with Crippen LogP contribution in [0.15, 0.2) is 48.7 Å². The number of hydrogen-bond acceptors (Lipinski definition) is 8. The van der Waals surface area contributed by atoms with Gasteiger partial charge in [-0.25, -0.2) is 4.98 Å². The number of hydrogen-bond donors (Lipinski definition) is 3. The monoisotopic (exact) mass is 748 g/mol. The predicted molar refractivity (Wildman–Crippen MR) is 199 cm³/mol. The molecule has 0 bridgehead atoms. The van der Waals surface area contributed by atoms with Gasteiger partial charge in [-0.1, -0.05) is 53.0 Å². The van der Waals surface area contributed by atoms with Crippen molar-refractivity contribution in [1.82, 2.24) is 30.8 Å². The summed E-state index contributed by atoms with van der Waals surface area (Å²) in [5.41, 5.74) is 7.24. The van der Waals surface area contributed by atoms with Crippen LogP contribution in [-0.2, 0) is 29.1 Å². The number of pyridine rings is 2. The molecule has 2 aromatic heterocycles. The second-order valence-corrected chi connectivity index (χ2v) is 14.4. The maximum atomic E-state index is 11.7. The Bertz CT molecular complexity index is 1970. The van der Waals surface area contributed by atoms with Crippen molar-refractivity contribution >= 4 is 46.6 Å². The first kappa shape index (κ1) is 35.5. The minimum atomic E-state index is 0.0757. The molecule has 0 unspecified atom stereocenters. The van der Waals surface area contributed by atoms with Gasteiger partial charge < -0.3 is 25.4 Å². The summed E-state index contributed by atoms with van der Waals surface area (Å²) in [6.45, 7) is 3.50. The lowest BCUT2D eigenvalue weighted by Crippen LogP contribution is -2.41. The second-order valence-electron chi connectivity index (χ2n) is 13.2. The second kappa shape index (κ2) is 15.4. The quantitative estimate of drug-likeness (QED) is 0.160. The number of halogens is 3. The molecule has 10 nitrogen and oxygen atoms in total. The van der Waals surface area contributed by atoms with E-state index in [0.717, 1.165) is 72.5 Å².